The van der Waals surface area contributed by atoms with Crippen molar-refractivity contribution in [2.75, 3.05) is 17.2 Å². The van der Waals surface area contributed by atoms with Gasteiger partial charge >= 0.3 is 0 Å². The van der Waals surface area contributed by atoms with Crippen LogP contribution in [0.1, 0.15) is 12.0 Å². The average molecular weight is 243 g/mol. The minimum Gasteiger partial charge on any atom is -0.399 e. The molecule has 1 aromatic rings. The van der Waals surface area contributed by atoms with Crippen molar-refractivity contribution in [1.82, 2.24) is 0 Å². The number of halogens is 1. The van der Waals surface area contributed by atoms with E-state index in [9.17, 15) is 12.8 Å². The first kappa shape index (κ1) is 11.4. The van der Waals surface area contributed by atoms with Crippen molar-refractivity contribution < 1.29 is 12.8 Å². The SMILES string of the molecule is Nc1ccc(F)cc1CC1CCS(=O)(=O)C1. The maximum Gasteiger partial charge on any atom is 0.150 e. The molecule has 1 unspecified atom stereocenters. The van der Waals surface area contributed by atoms with Gasteiger partial charge in [0.1, 0.15) is 5.82 Å². The summed E-state index contributed by atoms with van der Waals surface area (Å²) in [6, 6.07) is 4.22. The van der Waals surface area contributed by atoms with Gasteiger partial charge < -0.3 is 5.73 Å². The van der Waals surface area contributed by atoms with Crippen molar-refractivity contribution in [3.63, 3.8) is 0 Å². The Morgan fingerprint density at radius 3 is 2.81 bits per heavy atom. The summed E-state index contributed by atoms with van der Waals surface area (Å²) in [4.78, 5) is 0. The molecule has 88 valence electrons. The molecule has 0 aliphatic carbocycles. The third kappa shape index (κ3) is 2.52. The van der Waals surface area contributed by atoms with Gasteiger partial charge in [-0.25, -0.2) is 12.8 Å². The number of nitrogen functional groups attached to an aromatic ring is 1. The van der Waals surface area contributed by atoms with Crippen LogP contribution >= 0.6 is 0 Å². The van der Waals surface area contributed by atoms with Gasteiger partial charge in [-0.3, -0.25) is 0 Å². The molecule has 1 aliphatic rings. The highest BCUT2D eigenvalue weighted by Crippen LogP contribution is 2.25. The Bertz CT molecular complexity index is 499. The number of benzene rings is 1. The van der Waals surface area contributed by atoms with Gasteiger partial charge in [-0.05, 0) is 42.5 Å². The second-order valence-electron chi connectivity index (χ2n) is 4.32. The maximum atomic E-state index is 13.0. The summed E-state index contributed by atoms with van der Waals surface area (Å²) in [5.74, 6) is 0.190. The summed E-state index contributed by atoms with van der Waals surface area (Å²) < 4.78 is 35.6. The summed E-state index contributed by atoms with van der Waals surface area (Å²) in [5.41, 5.74) is 6.96. The fourth-order valence-electron chi connectivity index (χ4n) is 2.10. The van der Waals surface area contributed by atoms with Crippen molar-refractivity contribution in [2.24, 2.45) is 5.92 Å². The highest BCUT2D eigenvalue weighted by Gasteiger charge is 2.28. The molecule has 0 bridgehead atoms. The largest absolute Gasteiger partial charge is 0.399 e. The third-order valence-corrected chi connectivity index (χ3v) is 4.78. The first-order valence-electron chi connectivity index (χ1n) is 5.20. The van der Waals surface area contributed by atoms with E-state index >= 15 is 0 Å². The summed E-state index contributed by atoms with van der Waals surface area (Å²) in [5, 5.41) is 0. The van der Waals surface area contributed by atoms with Gasteiger partial charge in [-0.1, -0.05) is 0 Å². The molecule has 3 nitrogen and oxygen atoms in total. The van der Waals surface area contributed by atoms with Crippen molar-refractivity contribution in [3.05, 3.63) is 29.6 Å². The van der Waals surface area contributed by atoms with Gasteiger partial charge in [0.05, 0.1) is 11.5 Å². The van der Waals surface area contributed by atoms with Crippen molar-refractivity contribution in [1.29, 1.82) is 0 Å². The molecule has 1 heterocycles. The van der Waals surface area contributed by atoms with Gasteiger partial charge in [0.15, 0.2) is 9.84 Å². The lowest BCUT2D eigenvalue weighted by atomic mass is 9.98. The van der Waals surface area contributed by atoms with Crippen LogP contribution in [0.25, 0.3) is 0 Å². The van der Waals surface area contributed by atoms with Crippen LogP contribution in [0.4, 0.5) is 10.1 Å². The molecule has 1 fully saturated rings. The van der Waals surface area contributed by atoms with E-state index in [4.69, 9.17) is 5.73 Å². The number of nitrogens with two attached hydrogens (primary N) is 1. The quantitative estimate of drug-likeness (QED) is 0.798. The summed E-state index contributed by atoms with van der Waals surface area (Å²) in [7, 11) is -2.87. The molecule has 0 spiro atoms. The number of hydrogen-bond donors (Lipinski definition) is 1. The first-order chi connectivity index (χ1) is 7.46. The van der Waals surface area contributed by atoms with E-state index in [1.54, 1.807) is 0 Å². The minimum atomic E-state index is -2.87. The number of rotatable bonds is 2. The lowest BCUT2D eigenvalue weighted by Gasteiger charge is -2.10. The standard InChI is InChI=1S/C11H14FNO2S/c12-10-1-2-11(13)9(6-10)5-8-3-4-16(14,15)7-8/h1-2,6,8H,3-5,7,13H2. The van der Waals surface area contributed by atoms with E-state index in [1.807, 2.05) is 0 Å². The van der Waals surface area contributed by atoms with Crippen molar-refractivity contribution in [2.45, 2.75) is 12.8 Å². The van der Waals surface area contributed by atoms with Crippen LogP contribution in [0.3, 0.4) is 0 Å². The van der Waals surface area contributed by atoms with Gasteiger partial charge in [0.25, 0.3) is 0 Å². The normalized spacial score (nSPS) is 23.4. The Balaban J connectivity index is 2.13. The summed E-state index contributed by atoms with van der Waals surface area (Å²) in [6.45, 7) is 0. The molecule has 0 saturated carbocycles. The first-order valence-corrected chi connectivity index (χ1v) is 7.03. The molecule has 5 heteroatoms. The van der Waals surface area contributed by atoms with Gasteiger partial charge in [0, 0.05) is 5.69 Å². The van der Waals surface area contributed by atoms with Crippen LogP contribution in [0.2, 0.25) is 0 Å². The number of sulfone groups is 1. The van der Waals surface area contributed by atoms with E-state index in [2.05, 4.69) is 0 Å². The van der Waals surface area contributed by atoms with Gasteiger partial charge in [-0.2, -0.15) is 0 Å². The highest BCUT2D eigenvalue weighted by molar-refractivity contribution is 7.91. The van der Waals surface area contributed by atoms with E-state index in [-0.39, 0.29) is 23.2 Å². The Morgan fingerprint density at radius 1 is 1.44 bits per heavy atom. The molecule has 1 aromatic carbocycles. The monoisotopic (exact) mass is 243 g/mol. The minimum absolute atomic E-state index is 0.0779. The molecule has 0 radical (unpaired) electrons. The van der Waals surface area contributed by atoms with E-state index in [0.29, 0.717) is 24.1 Å². The van der Waals surface area contributed by atoms with Crippen molar-refractivity contribution in [3.8, 4) is 0 Å². The molecule has 0 amide bonds. The summed E-state index contributed by atoms with van der Waals surface area (Å²) >= 11 is 0. The van der Waals surface area contributed by atoms with Crippen LogP contribution in [-0.4, -0.2) is 19.9 Å². The van der Waals surface area contributed by atoms with Crippen LogP contribution in [0.15, 0.2) is 18.2 Å². The van der Waals surface area contributed by atoms with E-state index < -0.39 is 9.84 Å². The molecule has 2 rings (SSSR count). The van der Waals surface area contributed by atoms with Crippen LogP contribution < -0.4 is 5.73 Å². The topological polar surface area (TPSA) is 60.2 Å². The smallest absolute Gasteiger partial charge is 0.150 e. The second-order valence-corrected chi connectivity index (χ2v) is 6.55. The third-order valence-electron chi connectivity index (χ3n) is 2.94. The Hall–Kier alpha value is -1.10. The van der Waals surface area contributed by atoms with Gasteiger partial charge in [-0.15, -0.1) is 0 Å². The van der Waals surface area contributed by atoms with Crippen LogP contribution in [-0.2, 0) is 16.3 Å². The zero-order chi connectivity index (χ0) is 11.8. The van der Waals surface area contributed by atoms with Gasteiger partial charge in [0.2, 0.25) is 0 Å². The molecule has 0 aromatic heterocycles. The zero-order valence-corrected chi connectivity index (χ0v) is 9.63. The van der Waals surface area contributed by atoms with E-state index in [0.717, 1.165) is 0 Å². The lowest BCUT2D eigenvalue weighted by molar-refractivity contribution is 0.579. The fraction of sp³-hybridized carbons (Fsp3) is 0.455. The maximum absolute atomic E-state index is 13.0. The highest BCUT2D eigenvalue weighted by atomic mass is 32.2. The molecule has 1 atom stereocenters. The molecule has 1 saturated heterocycles. The zero-order valence-electron chi connectivity index (χ0n) is 8.82. The Labute approximate surface area is 94.4 Å². The predicted molar refractivity (Wildman–Crippen MR) is 61.3 cm³/mol. The van der Waals surface area contributed by atoms with E-state index in [1.165, 1.54) is 18.2 Å². The molecule has 1 aliphatic heterocycles. The second kappa shape index (κ2) is 4.05. The molecular formula is C11H14FNO2S. The predicted octanol–water partition coefficient (Wildman–Crippen LogP) is 1.39. The van der Waals surface area contributed by atoms with Crippen LogP contribution in [0.5, 0.6) is 0 Å². The molecule has 2 N–H and O–H groups in total. The Kier molecular flexibility index (Phi) is 2.88. The van der Waals surface area contributed by atoms with Crippen molar-refractivity contribution >= 4 is 15.5 Å². The Morgan fingerprint density at radius 2 is 2.19 bits per heavy atom. The average Bonchev–Trinajstić information content (AvgIpc) is 2.52. The fourth-order valence-corrected chi connectivity index (χ4v) is 3.96. The van der Waals surface area contributed by atoms with Crippen LogP contribution in [0, 0.1) is 11.7 Å². The molecular weight excluding hydrogens is 229 g/mol. The summed E-state index contributed by atoms with van der Waals surface area (Å²) in [6.07, 6.45) is 1.20. The number of hydrogen-bond acceptors (Lipinski definition) is 3. The lowest BCUT2D eigenvalue weighted by Crippen LogP contribution is -2.09. The molecule has 16 heavy (non-hydrogen) atoms. The number of anilines is 1.